The van der Waals surface area contributed by atoms with Crippen molar-refractivity contribution in [1.29, 1.82) is 0 Å². The zero-order chi connectivity index (χ0) is 21.1. The fourth-order valence-electron chi connectivity index (χ4n) is 4.07. The van der Waals surface area contributed by atoms with Crippen LogP contribution in [0.25, 0.3) is 0 Å². The van der Waals surface area contributed by atoms with Crippen molar-refractivity contribution in [3.8, 4) is 5.75 Å². The number of fused-ring (bicyclic) bond motifs is 1. The zero-order valence-electron chi connectivity index (χ0n) is 16.4. The highest BCUT2D eigenvalue weighted by molar-refractivity contribution is 6.30. The summed E-state index contributed by atoms with van der Waals surface area (Å²) in [6, 6.07) is 12.2. The summed E-state index contributed by atoms with van der Waals surface area (Å²) in [6.45, 7) is 2.31. The molecule has 1 atom stereocenters. The van der Waals surface area contributed by atoms with Crippen molar-refractivity contribution in [1.82, 2.24) is 15.7 Å². The van der Waals surface area contributed by atoms with Crippen LogP contribution >= 0.6 is 11.6 Å². The lowest BCUT2D eigenvalue weighted by atomic mass is 9.94. The molecule has 2 amide bonds. The molecule has 0 saturated carbocycles. The van der Waals surface area contributed by atoms with Gasteiger partial charge in [-0.15, -0.1) is 0 Å². The average molecular weight is 430 g/mol. The van der Waals surface area contributed by atoms with Crippen molar-refractivity contribution in [3.05, 3.63) is 64.2 Å². The van der Waals surface area contributed by atoms with Crippen LogP contribution in [0.4, 0.5) is 0 Å². The summed E-state index contributed by atoms with van der Waals surface area (Å²) >= 11 is 6.06. The van der Waals surface area contributed by atoms with Gasteiger partial charge in [0.1, 0.15) is 12.4 Å². The number of hydrogen-bond acceptors (Lipinski definition) is 5. The van der Waals surface area contributed by atoms with Crippen molar-refractivity contribution >= 4 is 23.4 Å². The first-order valence-corrected chi connectivity index (χ1v) is 10.4. The van der Waals surface area contributed by atoms with E-state index in [1.165, 1.54) is 0 Å². The quantitative estimate of drug-likeness (QED) is 0.515. The molecule has 2 aromatic carbocycles. The highest BCUT2D eigenvalue weighted by atomic mass is 35.5. The Morgan fingerprint density at radius 3 is 2.57 bits per heavy atom. The first-order chi connectivity index (χ1) is 14.6. The molecule has 1 fully saturated rings. The summed E-state index contributed by atoms with van der Waals surface area (Å²) in [6.07, 6.45) is 1.62. The van der Waals surface area contributed by atoms with E-state index in [0.717, 1.165) is 37.1 Å². The second-order valence-corrected chi connectivity index (χ2v) is 8.07. The number of rotatable bonds is 3. The minimum Gasteiger partial charge on any atom is -0.491 e. The molecule has 0 radical (unpaired) electrons. The highest BCUT2D eigenvalue weighted by Gasteiger charge is 2.34. The van der Waals surface area contributed by atoms with E-state index < -0.39 is 5.91 Å². The summed E-state index contributed by atoms with van der Waals surface area (Å²) < 4.78 is 6.05. The van der Waals surface area contributed by atoms with Gasteiger partial charge in [-0.05, 0) is 55.8 Å². The van der Waals surface area contributed by atoms with E-state index in [2.05, 4.69) is 5.32 Å². The molecule has 0 spiro atoms. The fourth-order valence-corrected chi connectivity index (χ4v) is 4.20. The van der Waals surface area contributed by atoms with Crippen LogP contribution in [0, 0.1) is 5.92 Å². The van der Waals surface area contributed by atoms with Crippen LogP contribution in [-0.2, 0) is 11.3 Å². The first kappa shape index (κ1) is 20.7. The maximum atomic E-state index is 13.5. The number of carbonyl (C=O) groups is 2. The lowest BCUT2D eigenvalue weighted by Crippen LogP contribution is -2.43. The number of halogens is 1. The van der Waals surface area contributed by atoms with Gasteiger partial charge in [0.05, 0.1) is 12.6 Å². The Bertz CT molecular complexity index is 928. The van der Waals surface area contributed by atoms with Gasteiger partial charge in [-0.3, -0.25) is 14.8 Å². The minimum atomic E-state index is -0.609. The number of ether oxygens (including phenoxy) is 1. The summed E-state index contributed by atoms with van der Waals surface area (Å²) in [4.78, 5) is 27.2. The maximum absolute atomic E-state index is 13.5. The summed E-state index contributed by atoms with van der Waals surface area (Å²) in [5.74, 6) is 0.0188. The minimum absolute atomic E-state index is 0.0259. The molecule has 7 nitrogen and oxygen atoms in total. The van der Waals surface area contributed by atoms with Crippen LogP contribution < -0.4 is 15.5 Å². The van der Waals surface area contributed by atoms with Crippen LogP contribution in [0.2, 0.25) is 5.02 Å². The molecular weight excluding hydrogens is 406 g/mol. The molecular formula is C22H24ClN3O4. The molecule has 30 heavy (non-hydrogen) atoms. The number of piperidine rings is 1. The fraction of sp³-hybridized carbons (Fsp3) is 0.364. The number of hydrogen-bond donors (Lipinski definition) is 3. The number of nitrogens with one attached hydrogen (secondary N) is 2. The van der Waals surface area contributed by atoms with Crippen LogP contribution in [-0.4, -0.2) is 41.6 Å². The van der Waals surface area contributed by atoms with E-state index in [0.29, 0.717) is 17.3 Å². The van der Waals surface area contributed by atoms with Crippen LogP contribution in [0.3, 0.4) is 0 Å². The molecule has 1 saturated heterocycles. The monoisotopic (exact) mass is 429 g/mol. The standard InChI is InChI=1S/C22H24ClN3O4/c23-18-5-3-14(4-6-18)19-13-30-20-11-16(21(27)25-29)1-2-17(20)12-26(19)22(28)15-7-9-24-10-8-15/h1-6,11,15,19,24,29H,7-10,12-13H2,(H,25,27)/t19-/m1/s1. The molecule has 2 aromatic rings. The summed E-state index contributed by atoms with van der Waals surface area (Å²) in [5.41, 5.74) is 3.69. The third-order valence-electron chi connectivity index (χ3n) is 5.77. The largest absolute Gasteiger partial charge is 0.491 e. The third kappa shape index (κ3) is 4.28. The second-order valence-electron chi connectivity index (χ2n) is 7.63. The second kappa shape index (κ2) is 9.04. The number of nitrogens with zero attached hydrogens (tertiary/aromatic N) is 1. The molecule has 2 aliphatic heterocycles. The van der Waals surface area contributed by atoms with Gasteiger partial charge in [-0.2, -0.15) is 0 Å². The molecule has 3 N–H and O–H groups in total. The average Bonchev–Trinajstić information content (AvgIpc) is 2.98. The van der Waals surface area contributed by atoms with Gasteiger partial charge in [-0.1, -0.05) is 29.8 Å². The first-order valence-electron chi connectivity index (χ1n) is 10.0. The Labute approximate surface area is 179 Å². The summed E-state index contributed by atoms with van der Waals surface area (Å²) in [5, 5.41) is 12.8. The smallest absolute Gasteiger partial charge is 0.274 e. The van der Waals surface area contributed by atoms with Gasteiger partial charge in [0.15, 0.2) is 0 Å². The predicted octanol–water partition coefficient (Wildman–Crippen LogP) is 2.92. The lowest BCUT2D eigenvalue weighted by molar-refractivity contribution is -0.140. The molecule has 0 aliphatic carbocycles. The third-order valence-corrected chi connectivity index (χ3v) is 6.02. The van der Waals surface area contributed by atoms with E-state index in [4.69, 9.17) is 21.5 Å². The maximum Gasteiger partial charge on any atom is 0.274 e. The molecule has 0 bridgehead atoms. The van der Waals surface area contributed by atoms with Crippen molar-refractivity contribution in [2.45, 2.75) is 25.4 Å². The number of amides is 2. The Hall–Kier alpha value is -2.61. The van der Waals surface area contributed by atoms with E-state index in [1.807, 2.05) is 29.2 Å². The van der Waals surface area contributed by atoms with Crippen molar-refractivity contribution in [2.24, 2.45) is 5.92 Å². The van der Waals surface area contributed by atoms with Gasteiger partial charge in [0.2, 0.25) is 5.91 Å². The Morgan fingerprint density at radius 1 is 1.13 bits per heavy atom. The number of benzene rings is 2. The van der Waals surface area contributed by atoms with Crippen molar-refractivity contribution in [2.75, 3.05) is 19.7 Å². The predicted molar refractivity (Wildman–Crippen MR) is 112 cm³/mol. The van der Waals surface area contributed by atoms with Crippen LogP contribution in [0.15, 0.2) is 42.5 Å². The molecule has 4 rings (SSSR count). The number of carbonyl (C=O) groups excluding carboxylic acids is 2. The molecule has 8 heteroatoms. The van der Waals surface area contributed by atoms with Gasteiger partial charge in [0.25, 0.3) is 5.91 Å². The van der Waals surface area contributed by atoms with E-state index in [-0.39, 0.29) is 30.0 Å². The molecule has 2 heterocycles. The van der Waals surface area contributed by atoms with Gasteiger partial charge < -0.3 is 15.0 Å². The van der Waals surface area contributed by atoms with Crippen LogP contribution in [0.1, 0.15) is 40.4 Å². The number of hydroxylamine groups is 1. The Balaban J connectivity index is 1.68. The topological polar surface area (TPSA) is 90.9 Å². The van der Waals surface area contributed by atoms with E-state index >= 15 is 0 Å². The van der Waals surface area contributed by atoms with Gasteiger partial charge >= 0.3 is 0 Å². The molecule has 0 unspecified atom stereocenters. The molecule has 158 valence electrons. The Morgan fingerprint density at radius 2 is 1.87 bits per heavy atom. The Kier molecular flexibility index (Phi) is 6.22. The zero-order valence-corrected chi connectivity index (χ0v) is 17.2. The van der Waals surface area contributed by atoms with E-state index in [1.54, 1.807) is 23.7 Å². The van der Waals surface area contributed by atoms with Crippen molar-refractivity contribution < 1.29 is 19.5 Å². The van der Waals surface area contributed by atoms with Gasteiger partial charge in [-0.25, -0.2) is 5.48 Å². The molecule has 2 aliphatic rings. The molecule has 0 aromatic heterocycles. The van der Waals surface area contributed by atoms with E-state index in [9.17, 15) is 9.59 Å². The van der Waals surface area contributed by atoms with Crippen LogP contribution in [0.5, 0.6) is 5.75 Å². The SMILES string of the molecule is O=C(NO)c1ccc2c(c1)OC[C@H](c1ccc(Cl)cc1)N(C(=O)C1CCNCC1)C2. The van der Waals surface area contributed by atoms with Gasteiger partial charge in [0, 0.05) is 22.1 Å². The lowest BCUT2D eigenvalue weighted by Gasteiger charge is -2.34. The highest BCUT2D eigenvalue weighted by Crippen LogP contribution is 2.34. The normalized spacial score (nSPS) is 19.4. The summed E-state index contributed by atoms with van der Waals surface area (Å²) in [7, 11) is 0. The van der Waals surface area contributed by atoms with Crippen molar-refractivity contribution in [3.63, 3.8) is 0 Å².